The molecule has 2 aromatic carbocycles. The third-order valence-corrected chi connectivity index (χ3v) is 3.42. The Kier molecular flexibility index (Phi) is 6.55. The molecule has 25 heavy (non-hydrogen) atoms. The summed E-state index contributed by atoms with van der Waals surface area (Å²) in [4.78, 5) is 12.0. The van der Waals surface area contributed by atoms with Crippen molar-refractivity contribution in [2.24, 2.45) is 0 Å². The number of halogens is 1. The Morgan fingerprint density at radius 2 is 1.96 bits per heavy atom. The Labute approximate surface area is 145 Å². The van der Waals surface area contributed by atoms with Gasteiger partial charge in [0, 0.05) is 19.3 Å². The van der Waals surface area contributed by atoms with E-state index in [4.69, 9.17) is 10.00 Å². The molecule has 0 aromatic heterocycles. The number of amides is 1. The molecular formula is C19H18FN3O2. The number of ether oxygens (including phenoxy) is 1. The number of nitriles is 1. The van der Waals surface area contributed by atoms with Crippen LogP contribution in [0.4, 0.5) is 4.39 Å². The number of carbonyl (C=O) groups excluding carboxylic acids is 1. The molecule has 0 fully saturated rings. The molecule has 2 rings (SSSR count). The smallest absolute Gasteiger partial charge is 0.263 e. The Morgan fingerprint density at radius 1 is 1.20 bits per heavy atom. The summed E-state index contributed by atoms with van der Waals surface area (Å²) in [7, 11) is 1.58. The van der Waals surface area contributed by atoms with Crippen molar-refractivity contribution in [1.29, 1.82) is 5.26 Å². The van der Waals surface area contributed by atoms with Crippen molar-refractivity contribution in [3.8, 4) is 11.8 Å². The normalized spacial score (nSPS) is 10.7. The molecule has 2 aromatic rings. The van der Waals surface area contributed by atoms with Crippen LogP contribution in [0.15, 0.2) is 60.3 Å². The average molecular weight is 339 g/mol. The number of nitrogens with one attached hydrogen (secondary N) is 2. The third-order valence-electron chi connectivity index (χ3n) is 3.42. The van der Waals surface area contributed by atoms with Crippen LogP contribution in [0.3, 0.4) is 0 Å². The number of rotatable bonds is 7. The van der Waals surface area contributed by atoms with Crippen molar-refractivity contribution in [3.05, 3.63) is 77.2 Å². The molecule has 6 heteroatoms. The number of carbonyl (C=O) groups is 1. The summed E-state index contributed by atoms with van der Waals surface area (Å²) < 4.78 is 18.2. The predicted molar refractivity (Wildman–Crippen MR) is 91.8 cm³/mol. The van der Waals surface area contributed by atoms with Crippen LogP contribution in [-0.2, 0) is 17.9 Å². The molecule has 128 valence electrons. The quantitative estimate of drug-likeness (QED) is 0.601. The first-order chi connectivity index (χ1) is 12.1. The number of benzene rings is 2. The predicted octanol–water partition coefficient (Wildman–Crippen LogP) is 2.65. The van der Waals surface area contributed by atoms with Gasteiger partial charge in [0.2, 0.25) is 0 Å². The Bertz CT molecular complexity index is 795. The van der Waals surface area contributed by atoms with Gasteiger partial charge in [-0.1, -0.05) is 24.3 Å². The van der Waals surface area contributed by atoms with E-state index in [1.165, 1.54) is 18.3 Å². The molecule has 0 atom stereocenters. The van der Waals surface area contributed by atoms with Gasteiger partial charge in [0.1, 0.15) is 23.2 Å². The highest BCUT2D eigenvalue weighted by Gasteiger charge is 2.08. The van der Waals surface area contributed by atoms with Gasteiger partial charge in [-0.3, -0.25) is 4.79 Å². The zero-order valence-electron chi connectivity index (χ0n) is 13.8. The first-order valence-electron chi connectivity index (χ1n) is 7.61. The van der Waals surface area contributed by atoms with Gasteiger partial charge in [-0.2, -0.15) is 5.26 Å². The SMILES string of the molecule is COc1ccc(CNC(=O)/C(C#N)=C\NCc2cccc(F)c2)cc1. The first kappa shape index (κ1) is 18.0. The minimum absolute atomic E-state index is 0.0510. The van der Waals surface area contributed by atoms with E-state index >= 15 is 0 Å². The summed E-state index contributed by atoms with van der Waals surface area (Å²) in [6.07, 6.45) is 1.33. The van der Waals surface area contributed by atoms with Gasteiger partial charge in [0.05, 0.1) is 7.11 Å². The van der Waals surface area contributed by atoms with Crippen molar-refractivity contribution >= 4 is 5.91 Å². The van der Waals surface area contributed by atoms with Crippen molar-refractivity contribution in [3.63, 3.8) is 0 Å². The zero-order chi connectivity index (χ0) is 18.1. The lowest BCUT2D eigenvalue weighted by atomic mass is 10.2. The fourth-order valence-electron chi connectivity index (χ4n) is 2.09. The average Bonchev–Trinajstić information content (AvgIpc) is 2.64. The first-order valence-corrected chi connectivity index (χ1v) is 7.61. The summed E-state index contributed by atoms with van der Waals surface area (Å²) in [5, 5.41) is 14.6. The maximum atomic E-state index is 13.1. The van der Waals surface area contributed by atoms with Crippen molar-refractivity contribution in [2.45, 2.75) is 13.1 Å². The summed E-state index contributed by atoms with van der Waals surface area (Å²) in [5.41, 5.74) is 1.55. The number of methoxy groups -OCH3 is 1. The number of hydrogen-bond donors (Lipinski definition) is 2. The van der Waals surface area contributed by atoms with Crippen LogP contribution in [0.25, 0.3) is 0 Å². The van der Waals surface area contributed by atoms with Gasteiger partial charge in [0.15, 0.2) is 0 Å². The maximum absolute atomic E-state index is 13.1. The van der Waals surface area contributed by atoms with Crippen LogP contribution in [0, 0.1) is 17.1 Å². The van der Waals surface area contributed by atoms with Gasteiger partial charge in [-0.15, -0.1) is 0 Å². The van der Waals surface area contributed by atoms with Crippen LogP contribution in [0.5, 0.6) is 5.75 Å². The van der Waals surface area contributed by atoms with E-state index in [0.29, 0.717) is 18.7 Å². The zero-order valence-corrected chi connectivity index (χ0v) is 13.8. The Balaban J connectivity index is 1.87. The highest BCUT2D eigenvalue weighted by Crippen LogP contribution is 2.11. The van der Waals surface area contributed by atoms with E-state index in [2.05, 4.69) is 10.6 Å². The minimum atomic E-state index is -0.481. The molecule has 0 saturated heterocycles. The second kappa shape index (κ2) is 9.08. The van der Waals surface area contributed by atoms with Gasteiger partial charge >= 0.3 is 0 Å². The molecular weight excluding hydrogens is 321 g/mol. The summed E-state index contributed by atoms with van der Waals surface area (Å²) in [5.74, 6) is -0.0830. The van der Waals surface area contributed by atoms with Gasteiger partial charge in [-0.05, 0) is 35.4 Å². The highest BCUT2D eigenvalue weighted by molar-refractivity contribution is 5.97. The van der Waals surface area contributed by atoms with Gasteiger partial charge < -0.3 is 15.4 Å². The van der Waals surface area contributed by atoms with Gasteiger partial charge in [0.25, 0.3) is 5.91 Å². The second-order valence-corrected chi connectivity index (χ2v) is 5.21. The van der Waals surface area contributed by atoms with E-state index in [-0.39, 0.29) is 11.4 Å². The van der Waals surface area contributed by atoms with E-state index < -0.39 is 5.91 Å². The van der Waals surface area contributed by atoms with E-state index in [9.17, 15) is 9.18 Å². The molecule has 1 amide bonds. The van der Waals surface area contributed by atoms with Crippen molar-refractivity contribution in [1.82, 2.24) is 10.6 Å². The number of hydrogen-bond acceptors (Lipinski definition) is 4. The molecule has 0 aliphatic rings. The van der Waals surface area contributed by atoms with Crippen molar-refractivity contribution < 1.29 is 13.9 Å². The summed E-state index contributed by atoms with van der Waals surface area (Å²) in [6, 6.07) is 15.2. The van der Waals surface area contributed by atoms with Crippen LogP contribution in [0.1, 0.15) is 11.1 Å². The van der Waals surface area contributed by atoms with E-state index in [0.717, 1.165) is 11.3 Å². The Hall–Kier alpha value is -3.33. The summed E-state index contributed by atoms with van der Waals surface area (Å²) >= 11 is 0. The molecule has 0 saturated carbocycles. The molecule has 2 N–H and O–H groups in total. The molecule has 0 radical (unpaired) electrons. The van der Waals surface area contributed by atoms with Crippen LogP contribution in [-0.4, -0.2) is 13.0 Å². The fraction of sp³-hybridized carbons (Fsp3) is 0.158. The van der Waals surface area contributed by atoms with Crippen LogP contribution < -0.4 is 15.4 Å². The molecule has 0 aliphatic heterocycles. The fourth-order valence-corrected chi connectivity index (χ4v) is 2.09. The molecule has 0 bridgehead atoms. The lowest BCUT2D eigenvalue weighted by molar-refractivity contribution is -0.117. The summed E-state index contributed by atoms with van der Waals surface area (Å²) in [6.45, 7) is 0.612. The third kappa shape index (κ3) is 5.66. The van der Waals surface area contributed by atoms with Crippen LogP contribution >= 0.6 is 0 Å². The largest absolute Gasteiger partial charge is 0.497 e. The maximum Gasteiger partial charge on any atom is 0.263 e. The van der Waals surface area contributed by atoms with Gasteiger partial charge in [-0.25, -0.2) is 4.39 Å². The highest BCUT2D eigenvalue weighted by atomic mass is 19.1. The Morgan fingerprint density at radius 3 is 2.60 bits per heavy atom. The molecule has 0 unspecified atom stereocenters. The molecule has 5 nitrogen and oxygen atoms in total. The van der Waals surface area contributed by atoms with Crippen molar-refractivity contribution in [2.75, 3.05) is 7.11 Å². The lowest BCUT2D eigenvalue weighted by Crippen LogP contribution is -2.25. The van der Waals surface area contributed by atoms with Crippen LogP contribution in [0.2, 0.25) is 0 Å². The van der Waals surface area contributed by atoms with E-state index in [1.807, 2.05) is 18.2 Å². The second-order valence-electron chi connectivity index (χ2n) is 5.21. The monoisotopic (exact) mass is 339 g/mol. The molecule has 0 spiro atoms. The molecule has 0 aliphatic carbocycles. The standard InChI is InChI=1S/C19H18FN3O2/c1-25-18-7-5-14(6-8-18)12-23-19(24)16(10-21)13-22-11-15-3-2-4-17(20)9-15/h2-9,13,22H,11-12H2,1H3,(H,23,24)/b16-13-. The minimum Gasteiger partial charge on any atom is -0.497 e. The topological polar surface area (TPSA) is 74.1 Å². The van der Waals surface area contributed by atoms with E-state index in [1.54, 1.807) is 31.4 Å². The lowest BCUT2D eigenvalue weighted by Gasteiger charge is -2.06. The number of nitrogens with zero attached hydrogens (tertiary/aromatic N) is 1. The molecule has 0 heterocycles.